The quantitative estimate of drug-likeness (QED) is 0.627. The third-order valence-electron chi connectivity index (χ3n) is 2.06. The van der Waals surface area contributed by atoms with Crippen LogP contribution in [0.25, 0.3) is 0 Å². The van der Waals surface area contributed by atoms with Gasteiger partial charge < -0.3 is 10.5 Å². The Morgan fingerprint density at radius 1 is 1.62 bits per heavy atom. The number of ether oxygens (including phenoxy) is 1. The molecular weight excluding hydrogens is 224 g/mol. The summed E-state index contributed by atoms with van der Waals surface area (Å²) in [5.74, 6) is 0.691. The molecule has 4 nitrogen and oxygen atoms in total. The number of pyridine rings is 1. The van der Waals surface area contributed by atoms with Crippen LogP contribution in [0.3, 0.4) is 0 Å². The molecule has 1 unspecified atom stereocenters. The summed E-state index contributed by atoms with van der Waals surface area (Å²) in [5, 5.41) is 0. The number of carbonyl (C=O) groups excluding carboxylic acids is 1. The number of rotatable bonds is 5. The van der Waals surface area contributed by atoms with E-state index in [4.69, 9.17) is 5.73 Å². The molecule has 2 N–H and O–H groups in total. The summed E-state index contributed by atoms with van der Waals surface area (Å²) in [4.78, 5) is 16.4. The van der Waals surface area contributed by atoms with Gasteiger partial charge in [0.25, 0.3) is 0 Å². The lowest BCUT2D eigenvalue weighted by Gasteiger charge is -2.09. The summed E-state index contributed by atoms with van der Waals surface area (Å²) in [7, 11) is 1.35. The first-order chi connectivity index (χ1) is 7.67. The van der Waals surface area contributed by atoms with Crippen molar-refractivity contribution in [2.24, 2.45) is 5.73 Å². The Morgan fingerprint density at radius 3 is 2.88 bits per heavy atom. The van der Waals surface area contributed by atoms with E-state index in [9.17, 15) is 4.79 Å². The Kier molecular flexibility index (Phi) is 5.28. The molecule has 1 aromatic heterocycles. The zero-order valence-electron chi connectivity index (χ0n) is 9.47. The molecule has 1 atom stereocenters. The highest BCUT2D eigenvalue weighted by Crippen LogP contribution is 2.19. The SMILES string of the molecule is CCSc1ccc(C(N)CC(=O)OC)nc1. The molecule has 0 aliphatic rings. The highest BCUT2D eigenvalue weighted by Gasteiger charge is 2.12. The fourth-order valence-electron chi connectivity index (χ4n) is 1.23. The topological polar surface area (TPSA) is 65.2 Å². The second kappa shape index (κ2) is 6.50. The van der Waals surface area contributed by atoms with Crippen LogP contribution < -0.4 is 5.73 Å². The maximum absolute atomic E-state index is 11.0. The van der Waals surface area contributed by atoms with Crippen molar-refractivity contribution in [1.82, 2.24) is 4.98 Å². The van der Waals surface area contributed by atoms with Gasteiger partial charge in [-0.3, -0.25) is 9.78 Å². The van der Waals surface area contributed by atoms with Crippen molar-refractivity contribution in [2.45, 2.75) is 24.3 Å². The molecule has 0 bridgehead atoms. The van der Waals surface area contributed by atoms with Crippen LogP contribution in [0.15, 0.2) is 23.2 Å². The molecule has 0 amide bonds. The van der Waals surface area contributed by atoms with Crippen molar-refractivity contribution in [2.75, 3.05) is 12.9 Å². The first-order valence-electron chi connectivity index (χ1n) is 5.08. The number of nitrogens with zero attached hydrogens (tertiary/aromatic N) is 1. The molecule has 0 aromatic carbocycles. The zero-order valence-corrected chi connectivity index (χ0v) is 10.3. The third kappa shape index (κ3) is 3.83. The molecule has 88 valence electrons. The Labute approximate surface area is 99.6 Å². The number of methoxy groups -OCH3 is 1. The van der Waals surface area contributed by atoms with Crippen LogP contribution in [0.2, 0.25) is 0 Å². The molecule has 0 saturated carbocycles. The van der Waals surface area contributed by atoms with Crippen LogP contribution >= 0.6 is 11.8 Å². The molecule has 0 spiro atoms. The molecule has 0 radical (unpaired) electrons. The Bertz CT molecular complexity index is 340. The van der Waals surface area contributed by atoms with E-state index in [2.05, 4.69) is 16.6 Å². The molecule has 16 heavy (non-hydrogen) atoms. The second-order valence-corrected chi connectivity index (χ2v) is 4.58. The van der Waals surface area contributed by atoms with Crippen molar-refractivity contribution in [3.8, 4) is 0 Å². The van der Waals surface area contributed by atoms with Gasteiger partial charge in [0.2, 0.25) is 0 Å². The minimum atomic E-state index is -0.395. The van der Waals surface area contributed by atoms with Crippen LogP contribution in [0.4, 0.5) is 0 Å². The van der Waals surface area contributed by atoms with E-state index < -0.39 is 6.04 Å². The average molecular weight is 240 g/mol. The van der Waals surface area contributed by atoms with Gasteiger partial charge in [0.05, 0.1) is 25.3 Å². The van der Waals surface area contributed by atoms with Crippen LogP contribution in [0, 0.1) is 0 Å². The Morgan fingerprint density at radius 2 is 2.38 bits per heavy atom. The van der Waals surface area contributed by atoms with E-state index in [1.165, 1.54) is 7.11 Å². The van der Waals surface area contributed by atoms with Crippen molar-refractivity contribution in [1.29, 1.82) is 0 Å². The zero-order chi connectivity index (χ0) is 12.0. The predicted octanol–water partition coefficient (Wildman–Crippen LogP) is 1.76. The number of thioether (sulfide) groups is 1. The van der Waals surface area contributed by atoms with Crippen LogP contribution in [-0.4, -0.2) is 23.8 Å². The van der Waals surface area contributed by atoms with E-state index in [0.29, 0.717) is 5.69 Å². The number of esters is 1. The van der Waals surface area contributed by atoms with Gasteiger partial charge in [-0.25, -0.2) is 0 Å². The number of aromatic nitrogens is 1. The lowest BCUT2D eigenvalue weighted by atomic mass is 10.1. The number of nitrogens with two attached hydrogens (primary N) is 1. The van der Waals surface area contributed by atoms with Gasteiger partial charge >= 0.3 is 5.97 Å². The molecule has 1 rings (SSSR count). The van der Waals surface area contributed by atoms with Gasteiger partial charge in [-0.05, 0) is 17.9 Å². The van der Waals surface area contributed by atoms with E-state index in [1.807, 2.05) is 12.1 Å². The molecule has 0 aliphatic heterocycles. The number of carbonyl (C=O) groups is 1. The van der Waals surface area contributed by atoms with Gasteiger partial charge in [-0.2, -0.15) is 0 Å². The van der Waals surface area contributed by atoms with Gasteiger partial charge in [0.15, 0.2) is 0 Å². The van der Waals surface area contributed by atoms with Crippen LogP contribution in [0.1, 0.15) is 25.1 Å². The highest BCUT2D eigenvalue weighted by molar-refractivity contribution is 7.99. The lowest BCUT2D eigenvalue weighted by molar-refractivity contribution is -0.141. The first-order valence-corrected chi connectivity index (χ1v) is 6.07. The monoisotopic (exact) mass is 240 g/mol. The van der Waals surface area contributed by atoms with Gasteiger partial charge in [0.1, 0.15) is 0 Å². The molecular formula is C11H16N2O2S. The largest absolute Gasteiger partial charge is 0.469 e. The van der Waals surface area contributed by atoms with E-state index in [1.54, 1.807) is 18.0 Å². The fraction of sp³-hybridized carbons (Fsp3) is 0.455. The fourth-order valence-corrected chi connectivity index (χ4v) is 1.86. The molecule has 0 fully saturated rings. The smallest absolute Gasteiger partial charge is 0.307 e. The number of hydrogen-bond donors (Lipinski definition) is 1. The Balaban J connectivity index is 2.62. The molecule has 1 aromatic rings. The molecule has 0 saturated heterocycles. The van der Waals surface area contributed by atoms with Crippen LogP contribution in [-0.2, 0) is 9.53 Å². The summed E-state index contributed by atoms with van der Waals surface area (Å²) in [5.41, 5.74) is 6.54. The third-order valence-corrected chi connectivity index (χ3v) is 2.93. The summed E-state index contributed by atoms with van der Waals surface area (Å²) in [6.07, 6.45) is 1.93. The minimum absolute atomic E-state index is 0.157. The predicted molar refractivity (Wildman–Crippen MR) is 64.2 cm³/mol. The van der Waals surface area contributed by atoms with Crippen molar-refractivity contribution < 1.29 is 9.53 Å². The molecule has 0 aliphatic carbocycles. The number of hydrogen-bond acceptors (Lipinski definition) is 5. The maximum atomic E-state index is 11.0. The summed E-state index contributed by atoms with van der Waals surface area (Å²) in [6, 6.07) is 3.42. The standard InChI is InChI=1S/C11H16N2O2S/c1-3-16-8-4-5-10(13-7-8)9(12)6-11(14)15-2/h4-5,7,9H,3,6,12H2,1-2H3. The Hall–Kier alpha value is -1.07. The average Bonchev–Trinajstić information content (AvgIpc) is 2.30. The van der Waals surface area contributed by atoms with E-state index >= 15 is 0 Å². The summed E-state index contributed by atoms with van der Waals surface area (Å²) >= 11 is 1.72. The van der Waals surface area contributed by atoms with E-state index in [0.717, 1.165) is 10.6 Å². The van der Waals surface area contributed by atoms with Crippen molar-refractivity contribution in [3.63, 3.8) is 0 Å². The summed E-state index contributed by atoms with van der Waals surface area (Å²) < 4.78 is 4.55. The van der Waals surface area contributed by atoms with Crippen molar-refractivity contribution in [3.05, 3.63) is 24.0 Å². The minimum Gasteiger partial charge on any atom is -0.469 e. The van der Waals surface area contributed by atoms with Gasteiger partial charge in [-0.1, -0.05) is 6.92 Å². The highest BCUT2D eigenvalue weighted by atomic mass is 32.2. The first kappa shape index (κ1) is 13.0. The van der Waals surface area contributed by atoms with E-state index in [-0.39, 0.29) is 12.4 Å². The van der Waals surface area contributed by atoms with Crippen LogP contribution in [0.5, 0.6) is 0 Å². The normalized spacial score (nSPS) is 12.2. The second-order valence-electron chi connectivity index (χ2n) is 3.24. The van der Waals surface area contributed by atoms with Crippen molar-refractivity contribution >= 4 is 17.7 Å². The van der Waals surface area contributed by atoms with Gasteiger partial charge in [0, 0.05) is 11.1 Å². The maximum Gasteiger partial charge on any atom is 0.307 e. The summed E-state index contributed by atoms with van der Waals surface area (Å²) in [6.45, 7) is 2.08. The molecule has 5 heteroatoms. The lowest BCUT2D eigenvalue weighted by Crippen LogP contribution is -2.17. The molecule has 1 heterocycles. The van der Waals surface area contributed by atoms with Gasteiger partial charge in [-0.15, -0.1) is 11.8 Å².